The molecule has 2 aromatic carbocycles. The smallest absolute Gasteiger partial charge is 0.256 e. The Morgan fingerprint density at radius 1 is 1.07 bits per heavy atom. The number of anilines is 3. The highest BCUT2D eigenvalue weighted by atomic mass is 35.5. The number of amides is 1. The molecule has 1 aliphatic rings. The molecular formula is C21H20ClN3O4. The van der Waals surface area contributed by atoms with Crippen LogP contribution in [0.25, 0.3) is 0 Å². The van der Waals surface area contributed by atoms with E-state index >= 15 is 0 Å². The van der Waals surface area contributed by atoms with Crippen molar-refractivity contribution in [1.82, 2.24) is 4.90 Å². The first kappa shape index (κ1) is 19.3. The van der Waals surface area contributed by atoms with Crippen molar-refractivity contribution in [2.45, 2.75) is 32.9 Å². The number of hydrogen-bond acceptors (Lipinski definition) is 6. The van der Waals surface area contributed by atoms with Crippen molar-refractivity contribution in [3.8, 4) is 0 Å². The lowest BCUT2D eigenvalue weighted by Gasteiger charge is -2.29. The van der Waals surface area contributed by atoms with Crippen molar-refractivity contribution in [1.29, 1.82) is 0 Å². The fourth-order valence-corrected chi connectivity index (χ4v) is 4.05. The van der Waals surface area contributed by atoms with Crippen molar-refractivity contribution in [2.75, 3.05) is 17.7 Å². The molecule has 1 amide bonds. The van der Waals surface area contributed by atoms with Crippen molar-refractivity contribution in [2.24, 2.45) is 0 Å². The predicted octanol–water partition coefficient (Wildman–Crippen LogP) is 3.51. The Kier molecular flexibility index (Phi) is 4.31. The van der Waals surface area contributed by atoms with Gasteiger partial charge < -0.3 is 20.0 Å². The van der Waals surface area contributed by atoms with E-state index in [1.165, 1.54) is 0 Å². The van der Waals surface area contributed by atoms with E-state index in [2.05, 4.69) is 10.6 Å². The van der Waals surface area contributed by atoms with Crippen LogP contribution in [0.5, 0.6) is 0 Å². The minimum atomic E-state index is -0.634. The van der Waals surface area contributed by atoms with Gasteiger partial charge in [0.25, 0.3) is 16.8 Å². The van der Waals surface area contributed by atoms with Crippen LogP contribution in [0.4, 0.5) is 17.1 Å². The van der Waals surface area contributed by atoms with E-state index in [1.54, 1.807) is 30.1 Å². The van der Waals surface area contributed by atoms with Gasteiger partial charge >= 0.3 is 0 Å². The fourth-order valence-electron chi connectivity index (χ4n) is 3.66. The topological polar surface area (TPSA) is 91.6 Å². The largest absolute Gasteiger partial charge is 0.465 e. The van der Waals surface area contributed by atoms with E-state index in [-0.39, 0.29) is 23.8 Å². The quantitative estimate of drug-likeness (QED) is 0.622. The molecule has 0 saturated carbocycles. The average Bonchev–Trinajstić information content (AvgIpc) is 3.17. The molecule has 4 rings (SSSR count). The molecule has 7 nitrogen and oxygen atoms in total. The molecule has 29 heavy (non-hydrogen) atoms. The molecule has 2 heterocycles. The van der Waals surface area contributed by atoms with Crippen molar-refractivity contribution in [3.05, 3.63) is 72.4 Å². The molecule has 0 atom stereocenters. The third-order valence-corrected chi connectivity index (χ3v) is 5.84. The van der Waals surface area contributed by atoms with Crippen LogP contribution in [0.1, 0.15) is 41.3 Å². The summed E-state index contributed by atoms with van der Waals surface area (Å²) in [7, 11) is 1.71. The Morgan fingerprint density at radius 3 is 2.41 bits per heavy atom. The third-order valence-electron chi connectivity index (χ3n) is 5.53. The zero-order valence-corrected chi connectivity index (χ0v) is 17.2. The van der Waals surface area contributed by atoms with E-state index in [0.717, 1.165) is 5.76 Å². The minimum absolute atomic E-state index is 0.128. The number of hydrogen-bond donors (Lipinski definition) is 2. The lowest BCUT2D eigenvalue weighted by molar-refractivity contribution is 0.0692. The number of furan rings is 1. The monoisotopic (exact) mass is 413 g/mol. The van der Waals surface area contributed by atoms with E-state index < -0.39 is 16.4 Å². The first-order valence-corrected chi connectivity index (χ1v) is 9.51. The second-order valence-electron chi connectivity index (χ2n) is 7.67. The molecule has 1 aromatic heterocycles. The summed E-state index contributed by atoms with van der Waals surface area (Å²) in [5, 5.41) is 6.40. The molecule has 0 unspecified atom stereocenters. The highest BCUT2D eigenvalue weighted by Crippen LogP contribution is 2.45. The Morgan fingerprint density at radius 2 is 1.76 bits per heavy atom. The molecule has 2 N–H and O–H groups in total. The van der Waals surface area contributed by atoms with E-state index in [4.69, 9.17) is 16.0 Å². The number of halogens is 1. The van der Waals surface area contributed by atoms with E-state index in [9.17, 15) is 14.4 Å². The van der Waals surface area contributed by atoms with Gasteiger partial charge in [-0.3, -0.25) is 14.4 Å². The summed E-state index contributed by atoms with van der Waals surface area (Å²) in [5.41, 5.74) is 0.00832. The minimum Gasteiger partial charge on any atom is -0.465 e. The van der Waals surface area contributed by atoms with Crippen molar-refractivity contribution >= 4 is 34.6 Å². The molecule has 0 saturated heterocycles. The summed E-state index contributed by atoms with van der Waals surface area (Å²) in [6, 6.07) is 6.94. The molecular weight excluding hydrogens is 394 g/mol. The van der Waals surface area contributed by atoms with Crippen LogP contribution in [-0.2, 0) is 12.1 Å². The van der Waals surface area contributed by atoms with Crippen LogP contribution >= 0.6 is 11.6 Å². The summed E-state index contributed by atoms with van der Waals surface area (Å²) in [6.07, 6.45) is 0. The maximum absolute atomic E-state index is 12.8. The van der Waals surface area contributed by atoms with Gasteiger partial charge in [0.05, 0.1) is 23.3 Å². The second kappa shape index (κ2) is 6.49. The summed E-state index contributed by atoms with van der Waals surface area (Å²) in [5.74, 6) is 1.20. The molecule has 0 radical (unpaired) electrons. The molecule has 8 heteroatoms. The van der Waals surface area contributed by atoms with Crippen LogP contribution in [-0.4, -0.2) is 17.9 Å². The van der Waals surface area contributed by atoms with Gasteiger partial charge in [-0.1, -0.05) is 11.6 Å². The van der Waals surface area contributed by atoms with Crippen LogP contribution in [0.3, 0.4) is 0 Å². The third kappa shape index (κ3) is 2.84. The van der Waals surface area contributed by atoms with Crippen LogP contribution in [0.15, 0.2) is 38.3 Å². The number of carbonyl (C=O) groups excluding carboxylic acids is 1. The van der Waals surface area contributed by atoms with Crippen LogP contribution < -0.4 is 21.5 Å². The second-order valence-corrected chi connectivity index (χ2v) is 8.07. The Bertz CT molecular complexity index is 1220. The zero-order chi connectivity index (χ0) is 21.1. The van der Waals surface area contributed by atoms with Gasteiger partial charge in [0.15, 0.2) is 0 Å². The van der Waals surface area contributed by atoms with Gasteiger partial charge in [-0.2, -0.15) is 0 Å². The lowest BCUT2D eigenvalue weighted by Crippen LogP contribution is -2.36. The van der Waals surface area contributed by atoms with Crippen molar-refractivity contribution < 1.29 is 9.21 Å². The number of nitrogens with one attached hydrogen (secondary N) is 2. The van der Waals surface area contributed by atoms with Gasteiger partial charge in [-0.15, -0.1) is 0 Å². The summed E-state index contributed by atoms with van der Waals surface area (Å²) in [4.78, 5) is 38.7. The number of carbonyl (C=O) groups is 1. The highest BCUT2D eigenvalue weighted by molar-refractivity contribution is 6.32. The summed E-state index contributed by atoms with van der Waals surface area (Å²) >= 11 is 6.38. The standard InChI is InChI=1S/C21H20ClN3O4/c1-10-5-6-11(29-10)9-23-16-17(19(27)18(16)26)24-13-8-7-12(22)15-14(13)20(28)25(4)21(15,2)3/h5-8,23-24H,9H2,1-4H3. The number of rotatable bonds is 5. The maximum atomic E-state index is 12.8. The van der Waals surface area contributed by atoms with Crippen LogP contribution in [0, 0.1) is 6.92 Å². The Hall–Kier alpha value is -3.06. The maximum Gasteiger partial charge on any atom is 0.256 e. The first-order chi connectivity index (χ1) is 13.6. The summed E-state index contributed by atoms with van der Waals surface area (Å²) in [6.45, 7) is 5.90. The van der Waals surface area contributed by atoms with E-state index in [1.807, 2.05) is 26.8 Å². The lowest BCUT2D eigenvalue weighted by atomic mass is 9.93. The SMILES string of the molecule is Cc1ccc(CNc2c(Nc3ccc(Cl)c4c3C(=O)N(C)C4(C)C)c(=O)c2=O)o1. The Labute approximate surface area is 172 Å². The molecule has 0 fully saturated rings. The summed E-state index contributed by atoms with van der Waals surface area (Å²) < 4.78 is 5.47. The van der Waals surface area contributed by atoms with Gasteiger partial charge in [-0.05, 0) is 45.0 Å². The van der Waals surface area contributed by atoms with Gasteiger partial charge in [-0.25, -0.2) is 0 Å². The molecule has 0 bridgehead atoms. The molecule has 1 aliphatic heterocycles. The Balaban J connectivity index is 1.68. The molecule has 150 valence electrons. The van der Waals surface area contributed by atoms with Gasteiger partial charge in [0, 0.05) is 17.6 Å². The first-order valence-electron chi connectivity index (χ1n) is 9.13. The normalized spacial score (nSPS) is 15.1. The predicted molar refractivity (Wildman–Crippen MR) is 112 cm³/mol. The van der Waals surface area contributed by atoms with Gasteiger partial charge in [0.2, 0.25) is 0 Å². The zero-order valence-electron chi connectivity index (χ0n) is 16.5. The van der Waals surface area contributed by atoms with Crippen molar-refractivity contribution in [3.63, 3.8) is 0 Å². The molecule has 0 aliphatic carbocycles. The fraction of sp³-hybridized carbons (Fsp3) is 0.286. The van der Waals surface area contributed by atoms with Gasteiger partial charge in [0.1, 0.15) is 22.9 Å². The number of fused-ring (bicyclic) bond motifs is 1. The van der Waals surface area contributed by atoms with E-state index in [0.29, 0.717) is 27.6 Å². The number of benzene rings is 1. The highest BCUT2D eigenvalue weighted by Gasteiger charge is 2.44. The average molecular weight is 414 g/mol. The number of nitrogens with zero attached hydrogens (tertiary/aromatic N) is 1. The molecule has 3 aromatic rings. The molecule has 0 spiro atoms. The van der Waals surface area contributed by atoms with Crippen LogP contribution in [0.2, 0.25) is 5.02 Å². The number of aryl methyl sites for hydroxylation is 1.